The lowest BCUT2D eigenvalue weighted by atomic mass is 9.49. The van der Waals surface area contributed by atoms with Crippen molar-refractivity contribution in [3.63, 3.8) is 0 Å². The summed E-state index contributed by atoms with van der Waals surface area (Å²) in [5.74, 6) is -13.1. The normalized spacial score (nSPS) is 26.5. The van der Waals surface area contributed by atoms with Crippen molar-refractivity contribution in [3.8, 4) is 80.1 Å². The van der Waals surface area contributed by atoms with E-state index in [1.54, 1.807) is 0 Å². The highest BCUT2D eigenvalue weighted by atomic mass is 35.5. The van der Waals surface area contributed by atoms with E-state index in [2.05, 4.69) is 42.7 Å². The van der Waals surface area contributed by atoms with E-state index in [9.17, 15) is 45.3 Å². The highest BCUT2D eigenvalue weighted by molar-refractivity contribution is 6.32. The molecule has 0 unspecified atom stereocenters. The molecule has 7 aromatic carbocycles. The Balaban J connectivity index is 0.875. The third-order valence-electron chi connectivity index (χ3n) is 20.1. The maximum Gasteiger partial charge on any atom is 0.330 e. The minimum absolute atomic E-state index is 0.0754. The van der Waals surface area contributed by atoms with Gasteiger partial charge in [0.15, 0.2) is 23.0 Å². The number of ether oxygens (including phenoxy) is 3. The number of amides is 7. The number of fused-ring (bicyclic) bond motifs is 14. The van der Waals surface area contributed by atoms with E-state index in [1.807, 2.05) is 0 Å². The van der Waals surface area contributed by atoms with Gasteiger partial charge in [-0.25, -0.2) is 4.79 Å². The number of aromatic hydroxyl groups is 6. The molecule has 8 atom stereocenters. The Hall–Kier alpha value is -11.0. The van der Waals surface area contributed by atoms with Gasteiger partial charge in [0.1, 0.15) is 88.6 Å². The van der Waals surface area contributed by atoms with Crippen LogP contribution in [0.25, 0.3) is 11.1 Å². The Morgan fingerprint density at radius 3 is 1.76 bits per heavy atom. The summed E-state index contributed by atoms with van der Waals surface area (Å²) in [4.78, 5) is 128. The van der Waals surface area contributed by atoms with Gasteiger partial charge in [-0.3, -0.25) is 33.6 Å². The number of carbonyl (C=O) groups is 8. The van der Waals surface area contributed by atoms with Gasteiger partial charge in [0, 0.05) is 35.7 Å². The summed E-state index contributed by atoms with van der Waals surface area (Å²) in [5, 5.41) is 100. The highest BCUT2D eigenvalue weighted by Gasteiger charge is 2.56. The Bertz CT molecular complexity index is 4670. The molecule has 21 bridgehead atoms. The van der Waals surface area contributed by atoms with Crippen LogP contribution < -0.4 is 56.9 Å². The number of carbonyl (C=O) groups excluding carboxylic acids is 8. The predicted molar refractivity (Wildman–Crippen MR) is 354 cm³/mol. The van der Waals surface area contributed by atoms with Gasteiger partial charge < -0.3 is 92.0 Å². The Morgan fingerprint density at radius 2 is 1.10 bits per heavy atom. The van der Waals surface area contributed by atoms with Crippen LogP contribution in [0.2, 0.25) is 10.0 Å². The van der Waals surface area contributed by atoms with E-state index in [4.69, 9.17) is 42.3 Å². The summed E-state index contributed by atoms with van der Waals surface area (Å²) in [5.41, 5.74) is 0.392. The molecule has 18 rings (SSSR count). The van der Waals surface area contributed by atoms with E-state index >= 15 is 28.8 Å². The fourth-order valence-electron chi connectivity index (χ4n) is 15.4. The number of phenolic OH excluding ortho intramolecular Hbond substituents is 6. The van der Waals surface area contributed by atoms with Crippen LogP contribution in [0.15, 0.2) is 115 Å². The van der Waals surface area contributed by atoms with Gasteiger partial charge in [0.2, 0.25) is 47.1 Å². The molecule has 0 saturated heterocycles. The molecule has 11 aliphatic rings. The van der Waals surface area contributed by atoms with Gasteiger partial charge in [-0.2, -0.15) is 0 Å². The lowest BCUT2D eigenvalue weighted by molar-refractivity contribution is -0.181. The largest absolute Gasteiger partial charge is 0.508 e. The number of aliphatic hydroxyl groups is 1. The summed E-state index contributed by atoms with van der Waals surface area (Å²) in [7, 11) is 0. The van der Waals surface area contributed by atoms with Crippen molar-refractivity contribution in [3.05, 3.63) is 164 Å². The number of phenols is 6. The van der Waals surface area contributed by atoms with E-state index in [0.717, 1.165) is 67.8 Å². The first-order valence-corrected chi connectivity index (χ1v) is 33.5. The second-order valence-corrected chi connectivity index (χ2v) is 28.0. The molecule has 15 N–H and O–H groups in total. The fourth-order valence-corrected chi connectivity index (χ4v) is 15.9. The van der Waals surface area contributed by atoms with Crippen molar-refractivity contribution in [1.29, 1.82) is 0 Å². The molecule has 5 saturated carbocycles. The molecule has 0 aromatic heterocycles. The predicted octanol–water partition coefficient (Wildman–Crippen LogP) is 7.48. The summed E-state index contributed by atoms with van der Waals surface area (Å²) >= 11 is 14.0. The molecule has 5 aliphatic carbocycles. The van der Waals surface area contributed by atoms with Crippen LogP contribution in [0.1, 0.15) is 127 Å². The quantitative estimate of drug-likeness (QED) is 0.0742. The monoisotopic (exact) mass is 1410 g/mol. The average Bonchev–Trinajstić information content (AvgIpc) is 0.780. The van der Waals surface area contributed by atoms with Crippen LogP contribution in [0.4, 0.5) is 0 Å². The summed E-state index contributed by atoms with van der Waals surface area (Å²) in [6, 6.07) is 8.90. The first kappa shape index (κ1) is 65.9. The molecule has 27 nitrogen and oxygen atoms in total. The van der Waals surface area contributed by atoms with Crippen molar-refractivity contribution in [2.75, 3.05) is 0 Å². The third kappa shape index (κ3) is 12.7. The maximum atomic E-state index is 16.0. The number of nitrogens with one attached hydrogen (secondary N) is 8. The fraction of sp³-hybridized carbons (Fsp3) is 0.306. The summed E-state index contributed by atoms with van der Waals surface area (Å²) in [6.45, 7) is 0. The molecular formula is C72H64Cl2N8O19. The second kappa shape index (κ2) is 25.6. The molecule has 7 aromatic rings. The zero-order valence-corrected chi connectivity index (χ0v) is 54.6. The molecule has 29 heteroatoms. The third-order valence-corrected chi connectivity index (χ3v) is 20.7. The topological polar surface area (TPSA) is 411 Å². The molecule has 0 spiro atoms. The molecule has 520 valence electrons. The number of hydrogen-bond acceptors (Lipinski definition) is 20. The Morgan fingerprint density at radius 1 is 0.515 bits per heavy atom. The first-order valence-electron chi connectivity index (χ1n) is 32.7. The standard InChI is InChI=1S/C72H64Cl2N8O19/c73-44-14-29-1-9-50(44)99-53-21-37-22-54(63(53)89)100-51-10-4-35(19-45(51)74)62(88)61-70(96)80-60(69(95)75-38-5-6-38)43-24-40(84)25-49(87)55(43)42-18-33(2-7-47(42)85)56(65(91)81-61)78-67(93)58(37)79-66(92)57-36-16-39(83)23-41(17-36)98-52-20-34(3-8-48(52)86)59(68(94)76-46(15-29)64(90)77-57)82-101-71(97)72-26-30-11-31(27-72)13-32(12-30)28-72/h1-4,7-10,14,16-25,30-32,38,46,56-62,82-89H,5-6,11-13,15,26-28H2,(H,75,95)(H,76,94)(H,77,90)(H,78,93)(H,79,92)(H,80,96)(H,81,91)/t30?,31?,32?,46-,56-,57+,58-,59-,60+,61+,62-,72?/m1/s1. The second-order valence-electron chi connectivity index (χ2n) is 27.2. The number of rotatable bonds is 5. The molecule has 6 aliphatic heterocycles. The molecule has 7 amide bonds. The van der Waals surface area contributed by atoms with Gasteiger partial charge in [-0.15, -0.1) is 5.48 Å². The van der Waals surface area contributed by atoms with E-state index in [0.29, 0.717) is 49.9 Å². The molecule has 101 heavy (non-hydrogen) atoms. The number of halogens is 2. The van der Waals surface area contributed by atoms with Gasteiger partial charge in [-0.05, 0) is 187 Å². The maximum absolute atomic E-state index is 16.0. The van der Waals surface area contributed by atoms with Gasteiger partial charge >= 0.3 is 5.97 Å². The van der Waals surface area contributed by atoms with Crippen LogP contribution in [0.3, 0.4) is 0 Å². The van der Waals surface area contributed by atoms with Crippen molar-refractivity contribution >= 4 is 70.5 Å². The summed E-state index contributed by atoms with van der Waals surface area (Å²) < 4.78 is 18.9. The minimum Gasteiger partial charge on any atom is -0.508 e. The smallest absolute Gasteiger partial charge is 0.330 e. The molecule has 5 fully saturated rings. The number of aliphatic hydroxyl groups excluding tert-OH is 1. The first-order chi connectivity index (χ1) is 48.4. The number of benzene rings is 7. The molecular weight excluding hydrogens is 1350 g/mol. The van der Waals surface area contributed by atoms with Crippen LogP contribution in [0, 0.1) is 23.2 Å². The van der Waals surface area contributed by atoms with Crippen molar-refractivity contribution in [1.82, 2.24) is 42.7 Å². The van der Waals surface area contributed by atoms with E-state index in [1.165, 1.54) is 66.7 Å². The number of hydrogen-bond donors (Lipinski definition) is 15. The Kier molecular flexibility index (Phi) is 16.7. The van der Waals surface area contributed by atoms with Crippen molar-refractivity contribution in [2.45, 2.75) is 112 Å². The lowest BCUT2D eigenvalue weighted by Crippen LogP contribution is -2.56. The van der Waals surface area contributed by atoms with Gasteiger partial charge in [0.25, 0.3) is 0 Å². The summed E-state index contributed by atoms with van der Waals surface area (Å²) in [6.07, 6.45) is 3.60. The van der Waals surface area contributed by atoms with E-state index in [-0.39, 0.29) is 89.2 Å². The molecule has 6 heterocycles. The zero-order chi connectivity index (χ0) is 70.6. The highest BCUT2D eigenvalue weighted by Crippen LogP contribution is 2.61. The van der Waals surface area contributed by atoms with Crippen LogP contribution in [-0.2, 0) is 49.6 Å². The average molecular weight is 1420 g/mol. The van der Waals surface area contributed by atoms with Crippen molar-refractivity contribution < 1.29 is 93.2 Å². The minimum atomic E-state index is -2.18. The van der Waals surface area contributed by atoms with Crippen LogP contribution in [0.5, 0.6) is 69.0 Å². The van der Waals surface area contributed by atoms with E-state index < -0.39 is 154 Å². The van der Waals surface area contributed by atoms with Gasteiger partial charge in [0.05, 0.1) is 15.5 Å². The Labute approximate surface area is 583 Å². The van der Waals surface area contributed by atoms with Crippen molar-refractivity contribution in [2.24, 2.45) is 23.2 Å². The van der Waals surface area contributed by atoms with Crippen LogP contribution in [-0.4, -0.2) is 101 Å². The number of hydroxylamine groups is 1. The molecule has 0 radical (unpaired) electrons. The van der Waals surface area contributed by atoms with Gasteiger partial charge in [-0.1, -0.05) is 47.5 Å². The lowest BCUT2D eigenvalue weighted by Gasteiger charge is -2.55. The zero-order valence-electron chi connectivity index (χ0n) is 53.0. The van der Waals surface area contributed by atoms with Crippen LogP contribution >= 0.6 is 23.2 Å². The SMILES string of the molecule is O=C1N[C@H]2C(=O)N[C@H]3C(=O)N[C@H](C(=O)N[C@H](C(=O)NC4CC4)c4cc(O)cc(O)c4-c4cc3ccc4O)[C@H](O)c3ccc(c(Cl)c3)Oc3cc2cc(c3O)Oc2ccc(cc2Cl)C[C@H]2NC(=O)[C@H](NOC(=O)C34CC5CC(CC(C5)C3)C4)c3ccc(O)c(c3)Oc3cc(O)cc(c3)[C@@H]1NC2=O.